The van der Waals surface area contributed by atoms with Crippen LogP contribution in [0.3, 0.4) is 0 Å². The van der Waals surface area contributed by atoms with Crippen molar-refractivity contribution < 1.29 is 14.5 Å². The predicted molar refractivity (Wildman–Crippen MR) is 126 cm³/mol. The molecule has 2 amide bonds. The number of anilines is 1. The number of thioether (sulfide) groups is 1. The largest absolute Gasteiger partial charge is 0.345 e. The van der Waals surface area contributed by atoms with E-state index in [2.05, 4.69) is 20.8 Å². The molecule has 1 aromatic heterocycles. The summed E-state index contributed by atoms with van der Waals surface area (Å²) in [6, 6.07) is 10.8. The van der Waals surface area contributed by atoms with E-state index >= 15 is 0 Å². The molecule has 33 heavy (non-hydrogen) atoms. The number of hydrogen-bond donors (Lipinski definition) is 2. The third-order valence-electron chi connectivity index (χ3n) is 4.66. The number of non-ortho nitro benzene ring substituents is 1. The third kappa shape index (κ3) is 6.30. The summed E-state index contributed by atoms with van der Waals surface area (Å²) < 4.78 is 1.80. The van der Waals surface area contributed by atoms with Gasteiger partial charge in [-0.15, -0.1) is 10.2 Å². The van der Waals surface area contributed by atoms with Gasteiger partial charge < -0.3 is 15.2 Å². The molecule has 0 fully saturated rings. The van der Waals surface area contributed by atoms with Crippen molar-refractivity contribution >= 4 is 46.6 Å². The van der Waals surface area contributed by atoms with Crippen molar-refractivity contribution in [1.29, 1.82) is 0 Å². The third-order valence-corrected chi connectivity index (χ3v) is 5.88. The molecular formula is C21H21ClN6O4S. The normalized spacial score (nSPS) is 10.6. The Labute approximate surface area is 198 Å². The predicted octanol–water partition coefficient (Wildman–Crippen LogP) is 3.83. The van der Waals surface area contributed by atoms with E-state index in [-0.39, 0.29) is 29.8 Å². The number of nitro benzene ring substituents is 1. The van der Waals surface area contributed by atoms with Crippen LogP contribution < -0.4 is 10.6 Å². The monoisotopic (exact) mass is 488 g/mol. The van der Waals surface area contributed by atoms with Crippen molar-refractivity contribution in [2.45, 2.75) is 32.1 Å². The number of halogens is 1. The topological polar surface area (TPSA) is 132 Å². The number of amides is 2. The second-order valence-corrected chi connectivity index (χ2v) is 8.30. The zero-order valence-electron chi connectivity index (χ0n) is 17.9. The zero-order valence-corrected chi connectivity index (χ0v) is 19.4. The first-order valence-corrected chi connectivity index (χ1v) is 11.3. The van der Waals surface area contributed by atoms with E-state index in [0.29, 0.717) is 33.8 Å². The van der Waals surface area contributed by atoms with Gasteiger partial charge in [-0.2, -0.15) is 0 Å². The molecule has 0 saturated carbocycles. The van der Waals surface area contributed by atoms with Crippen molar-refractivity contribution in [3.05, 3.63) is 74.6 Å². The van der Waals surface area contributed by atoms with Crippen LogP contribution in [0, 0.1) is 17.0 Å². The molecule has 3 aromatic rings. The number of nitrogens with one attached hydrogen (secondary N) is 2. The fraction of sp³-hybridized carbons (Fsp3) is 0.238. The first kappa shape index (κ1) is 24.2. The lowest BCUT2D eigenvalue weighted by atomic mass is 10.2. The smallest absolute Gasteiger partial charge is 0.271 e. The van der Waals surface area contributed by atoms with E-state index in [1.165, 1.54) is 23.9 Å². The van der Waals surface area contributed by atoms with Crippen molar-refractivity contribution in [3.8, 4) is 0 Å². The SMILES string of the molecule is CCn1c(CNC(=O)c2ccc(Cl)cc2)nnc1SCC(=O)Nc1cc([N+](=O)[O-])ccc1C. The number of aromatic nitrogens is 3. The van der Waals surface area contributed by atoms with Gasteiger partial charge in [0.05, 0.1) is 22.9 Å². The van der Waals surface area contributed by atoms with Gasteiger partial charge in [0, 0.05) is 29.3 Å². The minimum Gasteiger partial charge on any atom is -0.345 e. The average molecular weight is 489 g/mol. The number of benzene rings is 2. The number of carbonyl (C=O) groups excluding carboxylic acids is 2. The highest BCUT2D eigenvalue weighted by atomic mass is 35.5. The fourth-order valence-electron chi connectivity index (χ4n) is 2.91. The standard InChI is InChI=1S/C21H21ClN6O4S/c1-3-27-18(11-23-20(30)14-5-7-15(22)8-6-14)25-26-21(27)33-12-19(29)24-17-10-16(28(31)32)9-4-13(17)2/h4-10H,3,11-12H2,1-2H3,(H,23,30)(H,24,29). The molecule has 0 bridgehead atoms. The number of carbonyl (C=O) groups is 2. The Morgan fingerprint density at radius 1 is 1.18 bits per heavy atom. The molecule has 0 unspecified atom stereocenters. The first-order chi connectivity index (χ1) is 15.8. The molecule has 172 valence electrons. The maximum absolute atomic E-state index is 12.4. The van der Waals surface area contributed by atoms with Gasteiger partial charge in [-0.1, -0.05) is 29.4 Å². The van der Waals surface area contributed by atoms with Crippen LogP contribution in [0.15, 0.2) is 47.6 Å². The zero-order chi connectivity index (χ0) is 24.0. The van der Waals surface area contributed by atoms with E-state index < -0.39 is 4.92 Å². The van der Waals surface area contributed by atoms with Crippen molar-refractivity contribution in [3.63, 3.8) is 0 Å². The van der Waals surface area contributed by atoms with Crippen LogP contribution in [0.4, 0.5) is 11.4 Å². The summed E-state index contributed by atoms with van der Waals surface area (Å²) in [5.74, 6) is -0.000435. The molecule has 3 rings (SSSR count). The number of hydrogen-bond acceptors (Lipinski definition) is 7. The maximum atomic E-state index is 12.4. The lowest BCUT2D eigenvalue weighted by Crippen LogP contribution is -2.24. The summed E-state index contributed by atoms with van der Waals surface area (Å²) in [5.41, 5.74) is 1.48. The molecule has 0 aliphatic rings. The summed E-state index contributed by atoms with van der Waals surface area (Å²) >= 11 is 7.03. The minimum absolute atomic E-state index is 0.0391. The van der Waals surface area contributed by atoms with E-state index in [0.717, 1.165) is 5.56 Å². The molecule has 12 heteroatoms. The fourth-order valence-corrected chi connectivity index (χ4v) is 3.86. The molecule has 0 spiro atoms. The van der Waals surface area contributed by atoms with Gasteiger partial charge in [-0.25, -0.2) is 0 Å². The summed E-state index contributed by atoms with van der Waals surface area (Å²) in [6.45, 7) is 4.38. The van der Waals surface area contributed by atoms with Crippen molar-refractivity contribution in [2.24, 2.45) is 0 Å². The van der Waals surface area contributed by atoms with Crippen LogP contribution in [0.5, 0.6) is 0 Å². The summed E-state index contributed by atoms with van der Waals surface area (Å²) in [4.78, 5) is 35.2. The highest BCUT2D eigenvalue weighted by Gasteiger charge is 2.16. The molecule has 1 heterocycles. The Morgan fingerprint density at radius 2 is 1.91 bits per heavy atom. The van der Waals surface area contributed by atoms with E-state index in [1.807, 2.05) is 6.92 Å². The Hall–Kier alpha value is -3.44. The molecule has 0 radical (unpaired) electrons. The quantitative estimate of drug-likeness (QED) is 0.265. The van der Waals surface area contributed by atoms with Gasteiger partial charge in [0.1, 0.15) is 0 Å². The van der Waals surface area contributed by atoms with E-state index in [9.17, 15) is 19.7 Å². The maximum Gasteiger partial charge on any atom is 0.271 e. The first-order valence-electron chi connectivity index (χ1n) is 9.92. The van der Waals surface area contributed by atoms with Crippen LogP contribution in [0.25, 0.3) is 0 Å². The van der Waals surface area contributed by atoms with Crippen LogP contribution >= 0.6 is 23.4 Å². The van der Waals surface area contributed by atoms with Crippen molar-refractivity contribution in [2.75, 3.05) is 11.1 Å². The average Bonchev–Trinajstić information content (AvgIpc) is 3.19. The van der Waals surface area contributed by atoms with Gasteiger partial charge >= 0.3 is 0 Å². The van der Waals surface area contributed by atoms with Crippen LogP contribution in [0.1, 0.15) is 28.7 Å². The highest BCUT2D eigenvalue weighted by Crippen LogP contribution is 2.23. The Balaban J connectivity index is 1.59. The molecule has 0 aliphatic carbocycles. The second kappa shape index (κ2) is 10.9. The molecule has 2 aromatic carbocycles. The second-order valence-electron chi connectivity index (χ2n) is 6.93. The number of rotatable bonds is 9. The van der Waals surface area contributed by atoms with Crippen molar-refractivity contribution in [1.82, 2.24) is 20.1 Å². The summed E-state index contributed by atoms with van der Waals surface area (Å²) in [7, 11) is 0. The van der Waals surface area contributed by atoms with Gasteiger partial charge in [0.15, 0.2) is 11.0 Å². The number of nitro groups is 1. The molecular weight excluding hydrogens is 468 g/mol. The van der Waals surface area contributed by atoms with Crippen LogP contribution in [0.2, 0.25) is 5.02 Å². The molecule has 0 atom stereocenters. The van der Waals surface area contributed by atoms with Crippen LogP contribution in [-0.4, -0.2) is 37.3 Å². The molecule has 0 saturated heterocycles. The molecule has 2 N–H and O–H groups in total. The number of nitrogens with zero attached hydrogens (tertiary/aromatic N) is 4. The Morgan fingerprint density at radius 3 is 2.58 bits per heavy atom. The van der Waals surface area contributed by atoms with Crippen LogP contribution in [-0.2, 0) is 17.9 Å². The van der Waals surface area contributed by atoms with Gasteiger partial charge in [-0.05, 0) is 43.7 Å². The summed E-state index contributed by atoms with van der Waals surface area (Å²) in [6.07, 6.45) is 0. The van der Waals surface area contributed by atoms with Gasteiger partial charge in [0.25, 0.3) is 11.6 Å². The minimum atomic E-state index is -0.513. The summed E-state index contributed by atoms with van der Waals surface area (Å²) in [5, 5.41) is 25.8. The highest BCUT2D eigenvalue weighted by molar-refractivity contribution is 7.99. The molecule has 10 nitrogen and oxygen atoms in total. The lowest BCUT2D eigenvalue weighted by molar-refractivity contribution is -0.384. The molecule has 0 aliphatic heterocycles. The van der Waals surface area contributed by atoms with E-state index in [1.54, 1.807) is 41.8 Å². The Bertz CT molecular complexity index is 1180. The van der Waals surface area contributed by atoms with Gasteiger partial charge in [-0.3, -0.25) is 19.7 Å². The number of aryl methyl sites for hydroxylation is 1. The lowest BCUT2D eigenvalue weighted by Gasteiger charge is -2.10. The Kier molecular flexibility index (Phi) is 8.01. The van der Waals surface area contributed by atoms with Gasteiger partial charge in [0.2, 0.25) is 5.91 Å². The van der Waals surface area contributed by atoms with E-state index in [4.69, 9.17) is 11.6 Å².